The van der Waals surface area contributed by atoms with E-state index in [1.807, 2.05) is 0 Å². The molecule has 1 atom stereocenters. The average Bonchev–Trinajstić information content (AvgIpc) is 2.83. The van der Waals surface area contributed by atoms with Crippen LogP contribution in [0.1, 0.15) is 12.5 Å². The van der Waals surface area contributed by atoms with Crippen molar-refractivity contribution in [3.63, 3.8) is 0 Å². The third-order valence-corrected chi connectivity index (χ3v) is 4.53. The second-order valence-corrected chi connectivity index (χ2v) is 7.15. The molecule has 0 aliphatic rings. The zero-order chi connectivity index (χ0) is 18.0. The zero-order valence-corrected chi connectivity index (χ0v) is 12.8. The number of benzene rings is 1. The van der Waals surface area contributed by atoms with E-state index in [2.05, 4.69) is 8.83 Å². The summed E-state index contributed by atoms with van der Waals surface area (Å²) in [6, 6.07) is 0.932. The summed E-state index contributed by atoms with van der Waals surface area (Å²) in [6.45, 7) is 0.972. The van der Waals surface area contributed by atoms with Crippen LogP contribution in [0.2, 0.25) is 0 Å². The standard InChI is InChI=1S/C13H9NO9S/c1-13(19,3-24(14,20)21)8-6-4(9(15)22-11(6)17)2-5-7(8)12(18)23-10(5)16/h2,19H,3H2,1H3,(H2,14,20,21). The number of fused-ring (bicyclic) bond motifs is 2. The number of aliphatic hydroxyl groups is 1. The third kappa shape index (κ3) is 2.29. The predicted octanol–water partition coefficient (Wildman–Crippen LogP) is -2.01. The topological polar surface area (TPSA) is 175 Å². The molecule has 3 rings (SSSR count). The highest BCUT2D eigenvalue weighted by Gasteiger charge is 2.36. The number of nitrogens with two attached hydrogens (primary N) is 1. The molecule has 126 valence electrons. The molecule has 0 spiro atoms. The number of rotatable bonds is 3. The maximum atomic E-state index is 11.9. The summed E-state index contributed by atoms with van der Waals surface area (Å²) in [7, 11) is -4.25. The van der Waals surface area contributed by atoms with E-state index in [1.165, 1.54) is 0 Å². The second kappa shape index (κ2) is 4.69. The highest BCUT2D eigenvalue weighted by Crippen LogP contribution is 2.32. The van der Waals surface area contributed by atoms with E-state index in [0.717, 1.165) is 13.0 Å². The Labute approximate surface area is 131 Å². The van der Waals surface area contributed by atoms with Gasteiger partial charge in [0.15, 0.2) is 0 Å². The minimum absolute atomic E-state index is 0.380. The van der Waals surface area contributed by atoms with Crippen LogP contribution in [0.4, 0.5) is 0 Å². The van der Waals surface area contributed by atoms with Crippen molar-refractivity contribution in [2.45, 2.75) is 12.5 Å². The summed E-state index contributed by atoms with van der Waals surface area (Å²) in [5.41, 5.74) is -7.48. The molecule has 0 aliphatic carbocycles. The molecular weight excluding hydrogens is 346 g/mol. The highest BCUT2D eigenvalue weighted by molar-refractivity contribution is 7.89. The Hall–Kier alpha value is -2.63. The van der Waals surface area contributed by atoms with Gasteiger partial charge in [-0.1, -0.05) is 0 Å². The van der Waals surface area contributed by atoms with Gasteiger partial charge in [0.2, 0.25) is 10.0 Å². The maximum Gasteiger partial charge on any atom is 0.347 e. The van der Waals surface area contributed by atoms with E-state index in [4.69, 9.17) is 5.14 Å². The molecule has 1 unspecified atom stereocenters. The van der Waals surface area contributed by atoms with Gasteiger partial charge in [0.1, 0.15) is 5.60 Å². The highest BCUT2D eigenvalue weighted by atomic mass is 32.2. The Morgan fingerprint density at radius 2 is 1.42 bits per heavy atom. The lowest BCUT2D eigenvalue weighted by Crippen LogP contribution is -2.36. The van der Waals surface area contributed by atoms with E-state index in [1.54, 1.807) is 0 Å². The number of primary sulfonamides is 1. The lowest BCUT2D eigenvalue weighted by molar-refractivity contribution is 0.0848. The molecule has 2 aromatic heterocycles. The summed E-state index contributed by atoms with van der Waals surface area (Å²) >= 11 is 0. The Morgan fingerprint density at radius 1 is 1.00 bits per heavy atom. The number of sulfonamides is 1. The van der Waals surface area contributed by atoms with Gasteiger partial charge in [-0.15, -0.1) is 0 Å². The van der Waals surface area contributed by atoms with Crippen LogP contribution < -0.4 is 27.6 Å². The molecule has 0 saturated heterocycles. The van der Waals surface area contributed by atoms with Crippen LogP contribution in [0.5, 0.6) is 0 Å². The van der Waals surface area contributed by atoms with Crippen molar-refractivity contribution in [3.8, 4) is 0 Å². The molecule has 0 fully saturated rings. The normalized spacial score (nSPS) is 15.1. The fourth-order valence-electron chi connectivity index (χ4n) is 2.81. The molecule has 2 heterocycles. The van der Waals surface area contributed by atoms with Crippen molar-refractivity contribution in [2.75, 3.05) is 5.75 Å². The van der Waals surface area contributed by atoms with E-state index >= 15 is 0 Å². The van der Waals surface area contributed by atoms with Crippen LogP contribution in [-0.4, -0.2) is 19.3 Å². The van der Waals surface area contributed by atoms with Crippen LogP contribution in [0.25, 0.3) is 21.5 Å². The fraction of sp³-hybridized carbons (Fsp3) is 0.231. The first-order valence-electron chi connectivity index (χ1n) is 6.40. The molecule has 0 radical (unpaired) electrons. The van der Waals surface area contributed by atoms with Crippen molar-refractivity contribution >= 4 is 31.6 Å². The van der Waals surface area contributed by atoms with Crippen molar-refractivity contribution in [3.05, 3.63) is 53.3 Å². The molecule has 3 aromatic rings. The van der Waals surface area contributed by atoms with Crippen LogP contribution in [0.3, 0.4) is 0 Å². The fourth-order valence-corrected chi connectivity index (χ4v) is 3.74. The van der Waals surface area contributed by atoms with Crippen molar-refractivity contribution in [1.82, 2.24) is 0 Å². The van der Waals surface area contributed by atoms with Gasteiger partial charge in [-0.25, -0.2) is 32.7 Å². The summed E-state index contributed by atoms with van der Waals surface area (Å²) in [4.78, 5) is 47.3. The molecule has 1 aromatic carbocycles. The smallest absolute Gasteiger partial charge is 0.347 e. The van der Waals surface area contributed by atoms with E-state index in [9.17, 15) is 32.7 Å². The van der Waals surface area contributed by atoms with Gasteiger partial charge in [-0.05, 0) is 13.0 Å². The van der Waals surface area contributed by atoms with Crippen LogP contribution in [0, 0.1) is 0 Å². The van der Waals surface area contributed by atoms with Crippen LogP contribution in [-0.2, 0) is 15.6 Å². The summed E-state index contributed by atoms with van der Waals surface area (Å²) < 4.78 is 31.6. The second-order valence-electron chi connectivity index (χ2n) is 5.53. The van der Waals surface area contributed by atoms with Gasteiger partial charge in [-0.2, -0.15) is 0 Å². The Balaban J connectivity index is 2.65. The molecule has 0 amide bonds. The largest absolute Gasteiger partial charge is 0.386 e. The molecule has 0 aliphatic heterocycles. The predicted molar refractivity (Wildman–Crippen MR) is 81.0 cm³/mol. The average molecular weight is 355 g/mol. The van der Waals surface area contributed by atoms with Crippen molar-refractivity contribution in [1.29, 1.82) is 0 Å². The van der Waals surface area contributed by atoms with Gasteiger partial charge in [0.25, 0.3) is 0 Å². The quantitative estimate of drug-likeness (QED) is 0.537. The first kappa shape index (κ1) is 16.2. The SMILES string of the molecule is CC(O)(CS(N)(=O)=O)c1c2c(=O)oc(=O)c2cc2c(=O)oc(=O)c12. The molecule has 24 heavy (non-hydrogen) atoms. The van der Waals surface area contributed by atoms with Crippen molar-refractivity contribution < 1.29 is 22.4 Å². The minimum atomic E-state index is -4.25. The minimum Gasteiger partial charge on any atom is -0.386 e. The van der Waals surface area contributed by atoms with E-state index in [-0.39, 0.29) is 10.8 Å². The van der Waals surface area contributed by atoms with Gasteiger partial charge in [0, 0.05) is 5.56 Å². The van der Waals surface area contributed by atoms with E-state index in [0.29, 0.717) is 0 Å². The van der Waals surface area contributed by atoms with Gasteiger partial charge in [-0.3, -0.25) is 0 Å². The summed E-state index contributed by atoms with van der Waals surface area (Å²) in [5, 5.41) is 13.7. The first-order valence-corrected chi connectivity index (χ1v) is 8.11. The maximum absolute atomic E-state index is 11.9. The lowest BCUT2D eigenvalue weighted by atomic mass is 9.90. The molecule has 0 bridgehead atoms. The monoisotopic (exact) mass is 355 g/mol. The van der Waals surface area contributed by atoms with Crippen LogP contribution in [0.15, 0.2) is 34.1 Å². The molecule has 3 N–H and O–H groups in total. The van der Waals surface area contributed by atoms with Gasteiger partial charge >= 0.3 is 22.5 Å². The van der Waals surface area contributed by atoms with E-state index < -0.39 is 60.2 Å². The zero-order valence-electron chi connectivity index (χ0n) is 12.0. The summed E-state index contributed by atoms with van der Waals surface area (Å²) in [6.07, 6.45) is 0. The third-order valence-electron chi connectivity index (χ3n) is 3.57. The molecule has 11 heteroatoms. The molecule has 0 saturated carbocycles. The Morgan fingerprint density at radius 3 is 1.79 bits per heavy atom. The number of furan rings is 2. The first-order chi connectivity index (χ1) is 10.9. The number of hydrogen-bond acceptors (Lipinski definition) is 9. The summed E-state index contributed by atoms with van der Waals surface area (Å²) in [5.74, 6) is -1.08. The Kier molecular flexibility index (Phi) is 3.17. The molecular formula is C13H9NO9S. The Bertz CT molecular complexity index is 1220. The van der Waals surface area contributed by atoms with Crippen molar-refractivity contribution in [2.24, 2.45) is 5.14 Å². The number of hydrogen-bond donors (Lipinski definition) is 2. The van der Waals surface area contributed by atoms with Crippen LogP contribution >= 0.6 is 0 Å². The lowest BCUT2D eigenvalue weighted by Gasteiger charge is -2.23. The van der Waals surface area contributed by atoms with Gasteiger partial charge < -0.3 is 13.9 Å². The van der Waals surface area contributed by atoms with Gasteiger partial charge in [0.05, 0.1) is 27.3 Å². The molecule has 10 nitrogen and oxygen atoms in total.